The Balaban J connectivity index is 2.06. The van der Waals surface area contributed by atoms with E-state index in [9.17, 15) is 0 Å². The third-order valence-corrected chi connectivity index (χ3v) is 3.58. The molecule has 0 amide bonds. The summed E-state index contributed by atoms with van der Waals surface area (Å²) in [6, 6.07) is 2.26. The van der Waals surface area contributed by atoms with Crippen molar-refractivity contribution in [3.05, 3.63) is 18.0 Å². The van der Waals surface area contributed by atoms with Gasteiger partial charge in [-0.3, -0.25) is 9.58 Å². The summed E-state index contributed by atoms with van der Waals surface area (Å²) in [7, 11) is 3.96. The van der Waals surface area contributed by atoms with E-state index in [1.807, 2.05) is 25.0 Å². The fourth-order valence-corrected chi connectivity index (χ4v) is 2.67. The molecule has 2 unspecified atom stereocenters. The smallest absolute Gasteiger partial charge is 0.0912 e. The quantitative estimate of drug-likeness (QED) is 0.841. The van der Waals surface area contributed by atoms with E-state index < -0.39 is 0 Å². The molecule has 2 rings (SSSR count). The van der Waals surface area contributed by atoms with Crippen molar-refractivity contribution < 1.29 is 4.74 Å². The summed E-state index contributed by atoms with van der Waals surface area (Å²) < 4.78 is 7.86. The number of nitrogens with one attached hydrogen (secondary N) is 1. The van der Waals surface area contributed by atoms with Crippen molar-refractivity contribution in [2.24, 2.45) is 7.05 Å². The Morgan fingerprint density at radius 3 is 3.06 bits per heavy atom. The van der Waals surface area contributed by atoms with Crippen LogP contribution < -0.4 is 5.32 Å². The zero-order chi connectivity index (χ0) is 13.0. The number of hydrogen-bond acceptors (Lipinski definition) is 4. The molecule has 2 heterocycles. The Kier molecular flexibility index (Phi) is 4.74. The van der Waals surface area contributed by atoms with Crippen molar-refractivity contribution in [2.75, 3.05) is 33.3 Å². The monoisotopic (exact) mass is 252 g/mol. The van der Waals surface area contributed by atoms with Gasteiger partial charge in [0.2, 0.25) is 0 Å². The van der Waals surface area contributed by atoms with E-state index in [4.69, 9.17) is 4.74 Å². The summed E-state index contributed by atoms with van der Waals surface area (Å²) in [5, 5.41) is 7.61. The molecule has 1 aromatic heterocycles. The fraction of sp³-hybridized carbons (Fsp3) is 0.769. The molecule has 1 aliphatic heterocycles. The maximum Gasteiger partial charge on any atom is 0.0912 e. The lowest BCUT2D eigenvalue weighted by Crippen LogP contribution is -2.48. The molecular formula is C13H24N4O. The van der Waals surface area contributed by atoms with E-state index in [0.717, 1.165) is 26.2 Å². The first-order chi connectivity index (χ1) is 8.76. The van der Waals surface area contributed by atoms with Crippen molar-refractivity contribution in [3.8, 4) is 0 Å². The number of aryl methyl sites for hydroxylation is 1. The predicted octanol–water partition coefficient (Wildman–Crippen LogP) is 0.791. The topological polar surface area (TPSA) is 42.3 Å². The van der Waals surface area contributed by atoms with E-state index in [2.05, 4.69) is 28.3 Å². The molecule has 5 nitrogen and oxygen atoms in total. The van der Waals surface area contributed by atoms with Crippen molar-refractivity contribution in [1.82, 2.24) is 20.0 Å². The summed E-state index contributed by atoms with van der Waals surface area (Å²) in [5.41, 5.74) is 1.18. The predicted molar refractivity (Wildman–Crippen MR) is 71.5 cm³/mol. The van der Waals surface area contributed by atoms with Crippen LogP contribution in [-0.2, 0) is 11.8 Å². The minimum absolute atomic E-state index is 0.200. The highest BCUT2D eigenvalue weighted by Crippen LogP contribution is 2.21. The minimum Gasteiger partial charge on any atom is -0.374 e. The summed E-state index contributed by atoms with van der Waals surface area (Å²) in [5.74, 6) is 0. The van der Waals surface area contributed by atoms with Gasteiger partial charge in [-0.2, -0.15) is 5.10 Å². The summed E-state index contributed by atoms with van der Waals surface area (Å²) >= 11 is 0. The highest BCUT2D eigenvalue weighted by molar-refractivity contribution is 5.09. The SMILES string of the molecule is CCCN1CCOC(C(NC)c2ccnn2C)C1. The minimum atomic E-state index is 0.200. The molecule has 5 heteroatoms. The van der Waals surface area contributed by atoms with Crippen molar-refractivity contribution >= 4 is 0 Å². The van der Waals surface area contributed by atoms with Crippen LogP contribution in [0.5, 0.6) is 0 Å². The second-order valence-electron chi connectivity index (χ2n) is 4.86. The molecule has 18 heavy (non-hydrogen) atoms. The van der Waals surface area contributed by atoms with E-state index in [-0.39, 0.29) is 12.1 Å². The van der Waals surface area contributed by atoms with Gasteiger partial charge in [-0.25, -0.2) is 0 Å². The fourth-order valence-electron chi connectivity index (χ4n) is 2.67. The average molecular weight is 252 g/mol. The van der Waals surface area contributed by atoms with Crippen LogP contribution in [0.1, 0.15) is 25.1 Å². The number of hydrogen-bond donors (Lipinski definition) is 1. The van der Waals surface area contributed by atoms with Gasteiger partial charge in [0, 0.05) is 26.3 Å². The zero-order valence-corrected chi connectivity index (χ0v) is 11.6. The molecule has 1 fully saturated rings. The van der Waals surface area contributed by atoms with Gasteiger partial charge in [-0.05, 0) is 26.1 Å². The van der Waals surface area contributed by atoms with Crippen LogP contribution in [0.15, 0.2) is 12.3 Å². The maximum atomic E-state index is 5.94. The molecule has 0 bridgehead atoms. The molecule has 1 aliphatic rings. The lowest BCUT2D eigenvalue weighted by atomic mass is 10.1. The van der Waals surface area contributed by atoms with Crippen molar-refractivity contribution in [2.45, 2.75) is 25.5 Å². The lowest BCUT2D eigenvalue weighted by Gasteiger charge is -2.36. The molecule has 2 atom stereocenters. The molecule has 0 aliphatic carbocycles. The van der Waals surface area contributed by atoms with Gasteiger partial charge in [0.05, 0.1) is 24.4 Å². The van der Waals surface area contributed by atoms with Gasteiger partial charge in [-0.1, -0.05) is 6.92 Å². The van der Waals surface area contributed by atoms with Crippen LogP contribution in [0, 0.1) is 0 Å². The first-order valence-corrected chi connectivity index (χ1v) is 6.75. The van der Waals surface area contributed by atoms with E-state index >= 15 is 0 Å². The van der Waals surface area contributed by atoms with Crippen LogP contribution in [0.4, 0.5) is 0 Å². The Hall–Kier alpha value is -0.910. The number of aromatic nitrogens is 2. The van der Waals surface area contributed by atoms with Crippen molar-refractivity contribution in [1.29, 1.82) is 0 Å². The molecule has 0 saturated carbocycles. The second-order valence-corrected chi connectivity index (χ2v) is 4.86. The third kappa shape index (κ3) is 2.91. The molecule has 1 saturated heterocycles. The van der Waals surface area contributed by atoms with Gasteiger partial charge in [0.1, 0.15) is 0 Å². The van der Waals surface area contributed by atoms with Crippen molar-refractivity contribution in [3.63, 3.8) is 0 Å². The number of rotatable bonds is 5. The van der Waals surface area contributed by atoms with E-state index in [0.29, 0.717) is 0 Å². The Bertz CT molecular complexity index is 364. The second kappa shape index (κ2) is 6.31. The summed E-state index contributed by atoms with van der Waals surface area (Å²) in [6.45, 7) is 6.24. The van der Waals surface area contributed by atoms with Gasteiger partial charge in [0.25, 0.3) is 0 Å². The van der Waals surface area contributed by atoms with E-state index in [1.165, 1.54) is 12.1 Å². The van der Waals surface area contributed by atoms with Gasteiger partial charge < -0.3 is 10.1 Å². The number of morpholine rings is 1. The molecule has 0 aromatic carbocycles. The van der Waals surface area contributed by atoms with E-state index in [1.54, 1.807) is 0 Å². The van der Waals surface area contributed by atoms with Crippen LogP contribution in [0.3, 0.4) is 0 Å². The number of ether oxygens (including phenoxy) is 1. The summed E-state index contributed by atoms with van der Waals surface area (Å²) in [6.07, 6.45) is 3.24. The Labute approximate surface area is 109 Å². The largest absolute Gasteiger partial charge is 0.374 e. The lowest BCUT2D eigenvalue weighted by molar-refractivity contribution is -0.0470. The molecule has 0 spiro atoms. The van der Waals surface area contributed by atoms with Crippen LogP contribution in [0.25, 0.3) is 0 Å². The number of likely N-dealkylation sites (N-methyl/N-ethyl adjacent to an activating group) is 1. The zero-order valence-electron chi connectivity index (χ0n) is 11.6. The molecule has 1 aromatic rings. The van der Waals surface area contributed by atoms with Gasteiger partial charge >= 0.3 is 0 Å². The molecule has 0 radical (unpaired) electrons. The summed E-state index contributed by atoms with van der Waals surface area (Å²) in [4.78, 5) is 2.48. The number of nitrogens with zero attached hydrogens (tertiary/aromatic N) is 3. The van der Waals surface area contributed by atoms with Crippen LogP contribution >= 0.6 is 0 Å². The van der Waals surface area contributed by atoms with Gasteiger partial charge in [-0.15, -0.1) is 0 Å². The molecule has 102 valence electrons. The standard InChI is InChI=1S/C13H24N4O/c1-4-7-17-8-9-18-12(10-17)13(14-2)11-5-6-15-16(11)3/h5-6,12-14H,4,7-10H2,1-3H3. The molecular weight excluding hydrogens is 228 g/mol. The Morgan fingerprint density at radius 2 is 2.44 bits per heavy atom. The first kappa shape index (κ1) is 13.5. The van der Waals surface area contributed by atoms with Gasteiger partial charge in [0.15, 0.2) is 0 Å². The average Bonchev–Trinajstić information content (AvgIpc) is 2.78. The third-order valence-electron chi connectivity index (χ3n) is 3.58. The maximum absolute atomic E-state index is 5.94. The highest BCUT2D eigenvalue weighted by atomic mass is 16.5. The van der Waals surface area contributed by atoms with Crippen LogP contribution in [0.2, 0.25) is 0 Å². The molecule has 1 N–H and O–H groups in total. The first-order valence-electron chi connectivity index (χ1n) is 6.75. The highest BCUT2D eigenvalue weighted by Gasteiger charge is 2.29. The Morgan fingerprint density at radius 1 is 1.61 bits per heavy atom. The van der Waals surface area contributed by atoms with Crippen LogP contribution in [-0.4, -0.2) is 54.1 Å². The normalized spacial score (nSPS) is 23.2.